The molecule has 2 aliphatic rings. The van der Waals surface area contributed by atoms with Gasteiger partial charge in [0.25, 0.3) is 0 Å². The van der Waals surface area contributed by atoms with Crippen LogP contribution in [-0.2, 0) is 11.8 Å². The minimum absolute atomic E-state index is 0.235. The van der Waals surface area contributed by atoms with Crippen molar-refractivity contribution in [2.24, 2.45) is 7.05 Å². The number of imidazole rings is 1. The van der Waals surface area contributed by atoms with Crippen molar-refractivity contribution >= 4 is 17.1 Å². The van der Waals surface area contributed by atoms with Gasteiger partial charge in [-0.05, 0) is 32.4 Å². The van der Waals surface area contributed by atoms with Crippen molar-refractivity contribution in [1.29, 1.82) is 0 Å². The molecule has 7 heteroatoms. The summed E-state index contributed by atoms with van der Waals surface area (Å²) in [6.07, 6.45) is 7.53. The van der Waals surface area contributed by atoms with Gasteiger partial charge in [-0.25, -0.2) is 9.97 Å². The van der Waals surface area contributed by atoms with Crippen molar-refractivity contribution in [3.63, 3.8) is 0 Å². The zero-order chi connectivity index (χ0) is 15.6. The van der Waals surface area contributed by atoms with Crippen LogP contribution in [0, 0.1) is 0 Å². The number of aryl methyl sites for hydroxylation is 1. The Morgan fingerprint density at radius 1 is 1.17 bits per heavy atom. The molecule has 2 aromatic rings. The van der Waals surface area contributed by atoms with Gasteiger partial charge in [-0.15, -0.1) is 0 Å². The zero-order valence-electron chi connectivity index (χ0n) is 13.7. The van der Waals surface area contributed by atoms with Crippen LogP contribution in [0.2, 0.25) is 0 Å². The van der Waals surface area contributed by atoms with Gasteiger partial charge in [0, 0.05) is 33.3 Å². The van der Waals surface area contributed by atoms with E-state index in [4.69, 9.17) is 4.74 Å². The number of nitrogens with zero attached hydrogens (tertiary/aromatic N) is 6. The molecule has 2 fully saturated rings. The van der Waals surface area contributed by atoms with Crippen LogP contribution in [0.1, 0.15) is 19.3 Å². The summed E-state index contributed by atoms with van der Waals surface area (Å²) < 4.78 is 7.99. The van der Waals surface area contributed by atoms with Crippen LogP contribution in [0.4, 0.5) is 5.95 Å². The number of hydrogen-bond donors (Lipinski definition) is 0. The number of hydrogen-bond acceptors (Lipinski definition) is 6. The molecule has 2 aliphatic heterocycles. The molecule has 2 aromatic heterocycles. The molecule has 1 unspecified atom stereocenters. The van der Waals surface area contributed by atoms with Crippen LogP contribution in [0.25, 0.3) is 11.2 Å². The molecule has 2 saturated heterocycles. The normalized spacial score (nSPS) is 23.5. The molecule has 0 bridgehead atoms. The van der Waals surface area contributed by atoms with Crippen molar-refractivity contribution in [3.05, 3.63) is 12.5 Å². The third kappa shape index (κ3) is 3.16. The Balaban J connectivity index is 1.50. The fraction of sp³-hybridized carbons (Fsp3) is 0.688. The Hall–Kier alpha value is -1.73. The first kappa shape index (κ1) is 14.8. The van der Waals surface area contributed by atoms with E-state index in [0.717, 1.165) is 49.8 Å². The van der Waals surface area contributed by atoms with Gasteiger partial charge < -0.3 is 19.1 Å². The number of anilines is 1. The summed E-state index contributed by atoms with van der Waals surface area (Å²) in [7, 11) is 1.96. The van der Waals surface area contributed by atoms with E-state index in [0.29, 0.717) is 0 Å². The van der Waals surface area contributed by atoms with Crippen LogP contribution in [0.3, 0.4) is 0 Å². The van der Waals surface area contributed by atoms with E-state index in [1.807, 2.05) is 17.8 Å². The molecule has 1 atom stereocenters. The second kappa shape index (κ2) is 6.41. The number of fused-ring (bicyclic) bond motifs is 1. The monoisotopic (exact) mass is 316 g/mol. The molecule has 0 radical (unpaired) electrons. The third-order valence-corrected chi connectivity index (χ3v) is 4.76. The standard InChI is InChI=1S/C16H24N6O/c1-20-12-18-15-14(20)9-17-16(19-15)22-7-4-8-23-13(11-22)10-21-5-2-3-6-21/h9,12-13H,2-8,10-11H2,1H3. The first-order chi connectivity index (χ1) is 11.3. The van der Waals surface area contributed by atoms with Gasteiger partial charge in [0.1, 0.15) is 5.52 Å². The van der Waals surface area contributed by atoms with Gasteiger partial charge in [0.2, 0.25) is 5.95 Å². The van der Waals surface area contributed by atoms with Gasteiger partial charge in [-0.2, -0.15) is 4.98 Å². The Morgan fingerprint density at radius 3 is 2.91 bits per heavy atom. The van der Waals surface area contributed by atoms with E-state index in [1.54, 1.807) is 6.33 Å². The van der Waals surface area contributed by atoms with Crippen molar-refractivity contribution in [2.45, 2.75) is 25.4 Å². The van der Waals surface area contributed by atoms with Gasteiger partial charge in [-0.3, -0.25) is 0 Å². The maximum absolute atomic E-state index is 6.05. The summed E-state index contributed by atoms with van der Waals surface area (Å²) in [5.74, 6) is 0.771. The van der Waals surface area contributed by atoms with Crippen molar-refractivity contribution in [2.75, 3.05) is 44.2 Å². The molecular weight excluding hydrogens is 292 g/mol. The summed E-state index contributed by atoms with van der Waals surface area (Å²) in [6, 6.07) is 0. The summed E-state index contributed by atoms with van der Waals surface area (Å²) in [4.78, 5) is 18.3. The molecule has 124 valence electrons. The molecule has 0 spiro atoms. The van der Waals surface area contributed by atoms with Crippen molar-refractivity contribution in [3.8, 4) is 0 Å². The average molecular weight is 316 g/mol. The van der Waals surface area contributed by atoms with Crippen LogP contribution in [-0.4, -0.2) is 69.9 Å². The first-order valence-corrected chi connectivity index (χ1v) is 8.52. The minimum Gasteiger partial charge on any atom is -0.375 e. The second-order valence-electron chi connectivity index (χ2n) is 6.53. The molecule has 4 heterocycles. The Bertz CT molecular complexity index is 666. The van der Waals surface area contributed by atoms with Crippen molar-refractivity contribution in [1.82, 2.24) is 24.4 Å². The Kier molecular flexibility index (Phi) is 4.13. The van der Waals surface area contributed by atoms with Gasteiger partial charge >= 0.3 is 0 Å². The maximum Gasteiger partial charge on any atom is 0.227 e. The number of likely N-dealkylation sites (tertiary alicyclic amines) is 1. The lowest BCUT2D eigenvalue weighted by atomic mass is 10.3. The van der Waals surface area contributed by atoms with E-state index >= 15 is 0 Å². The lowest BCUT2D eigenvalue weighted by Crippen LogP contribution is -2.40. The summed E-state index contributed by atoms with van der Waals surface area (Å²) in [5, 5.41) is 0. The summed E-state index contributed by atoms with van der Waals surface area (Å²) in [6.45, 7) is 6.04. The van der Waals surface area contributed by atoms with Gasteiger partial charge in [0.05, 0.1) is 18.6 Å². The van der Waals surface area contributed by atoms with Gasteiger partial charge in [-0.1, -0.05) is 0 Å². The molecule has 4 rings (SSSR count). The molecule has 7 nitrogen and oxygen atoms in total. The molecule has 0 amide bonds. The highest BCUT2D eigenvalue weighted by molar-refractivity contribution is 5.70. The molecule has 23 heavy (non-hydrogen) atoms. The SMILES string of the molecule is Cn1cnc2nc(N3CCCOC(CN4CCCC4)C3)ncc21. The molecular formula is C16H24N6O. The quantitative estimate of drug-likeness (QED) is 0.844. The fourth-order valence-corrected chi connectivity index (χ4v) is 3.50. The lowest BCUT2D eigenvalue weighted by molar-refractivity contribution is 0.0450. The maximum atomic E-state index is 6.05. The minimum atomic E-state index is 0.235. The molecule has 0 N–H and O–H groups in total. The Labute approximate surface area is 136 Å². The van der Waals surface area contributed by atoms with E-state index < -0.39 is 0 Å². The smallest absolute Gasteiger partial charge is 0.227 e. The zero-order valence-corrected chi connectivity index (χ0v) is 13.7. The van der Waals surface area contributed by atoms with Crippen LogP contribution in [0.15, 0.2) is 12.5 Å². The number of aromatic nitrogens is 4. The third-order valence-electron chi connectivity index (χ3n) is 4.76. The summed E-state index contributed by atoms with van der Waals surface area (Å²) in [5.41, 5.74) is 1.73. The fourth-order valence-electron chi connectivity index (χ4n) is 3.50. The second-order valence-corrected chi connectivity index (χ2v) is 6.53. The number of ether oxygens (including phenoxy) is 1. The van der Waals surface area contributed by atoms with E-state index in [1.165, 1.54) is 25.9 Å². The highest BCUT2D eigenvalue weighted by atomic mass is 16.5. The van der Waals surface area contributed by atoms with Crippen LogP contribution in [0.5, 0.6) is 0 Å². The lowest BCUT2D eigenvalue weighted by Gasteiger charge is -2.26. The topological polar surface area (TPSA) is 59.3 Å². The number of rotatable bonds is 3. The molecule has 0 aromatic carbocycles. The predicted molar refractivity (Wildman–Crippen MR) is 88.5 cm³/mol. The Morgan fingerprint density at radius 2 is 2.04 bits per heavy atom. The molecule has 0 saturated carbocycles. The molecule has 0 aliphatic carbocycles. The average Bonchev–Trinajstić information content (AvgIpc) is 3.13. The first-order valence-electron chi connectivity index (χ1n) is 8.52. The summed E-state index contributed by atoms with van der Waals surface area (Å²) >= 11 is 0. The predicted octanol–water partition coefficient (Wildman–Crippen LogP) is 1.05. The highest BCUT2D eigenvalue weighted by Crippen LogP contribution is 2.18. The van der Waals surface area contributed by atoms with Crippen LogP contribution >= 0.6 is 0 Å². The van der Waals surface area contributed by atoms with E-state index in [9.17, 15) is 0 Å². The largest absolute Gasteiger partial charge is 0.375 e. The van der Waals surface area contributed by atoms with Gasteiger partial charge in [0.15, 0.2) is 5.65 Å². The van der Waals surface area contributed by atoms with E-state index in [-0.39, 0.29) is 6.10 Å². The van der Waals surface area contributed by atoms with E-state index in [2.05, 4.69) is 24.8 Å². The van der Waals surface area contributed by atoms with Crippen LogP contribution < -0.4 is 4.90 Å². The highest BCUT2D eigenvalue weighted by Gasteiger charge is 2.24. The van der Waals surface area contributed by atoms with Crippen molar-refractivity contribution < 1.29 is 4.74 Å².